The van der Waals surface area contributed by atoms with Crippen molar-refractivity contribution in [2.45, 2.75) is 32.7 Å². The van der Waals surface area contributed by atoms with E-state index in [0.717, 1.165) is 36.4 Å². The predicted molar refractivity (Wildman–Crippen MR) is 64.2 cm³/mol. The number of rotatable bonds is 2. The van der Waals surface area contributed by atoms with Crippen LogP contribution in [0.5, 0.6) is 0 Å². The van der Waals surface area contributed by atoms with Crippen molar-refractivity contribution in [3.05, 3.63) is 47.2 Å². The molecule has 0 saturated heterocycles. The molecule has 0 radical (unpaired) electrons. The van der Waals surface area contributed by atoms with Gasteiger partial charge in [-0.25, -0.2) is 0 Å². The van der Waals surface area contributed by atoms with Gasteiger partial charge in [0.25, 0.3) is 0 Å². The standard InChI is InChI=1S/C14H15NO2/c1-10-8-12-13(5-2-6-14(12)16)15(10)9-11-4-3-7-17-11/h3-4,7-8H,2,5-6,9H2,1H3. The maximum atomic E-state index is 11.8. The van der Waals surface area contributed by atoms with Gasteiger partial charge in [-0.05, 0) is 38.0 Å². The number of hydrogen-bond donors (Lipinski definition) is 0. The Morgan fingerprint density at radius 3 is 3.06 bits per heavy atom. The molecule has 2 aromatic heterocycles. The molecule has 1 aliphatic rings. The van der Waals surface area contributed by atoms with E-state index in [0.29, 0.717) is 6.42 Å². The fourth-order valence-electron chi connectivity index (χ4n) is 2.57. The van der Waals surface area contributed by atoms with Crippen LogP contribution in [0, 0.1) is 6.92 Å². The normalized spacial score (nSPS) is 15.0. The molecule has 0 N–H and O–H groups in total. The average molecular weight is 229 g/mol. The number of carbonyl (C=O) groups is 1. The van der Waals surface area contributed by atoms with Crippen molar-refractivity contribution < 1.29 is 9.21 Å². The van der Waals surface area contributed by atoms with Crippen molar-refractivity contribution in [2.24, 2.45) is 0 Å². The molecule has 0 unspecified atom stereocenters. The summed E-state index contributed by atoms with van der Waals surface area (Å²) in [6, 6.07) is 5.88. The molecule has 0 aromatic carbocycles. The Labute approximate surface area is 100 Å². The first-order chi connectivity index (χ1) is 8.25. The highest BCUT2D eigenvalue weighted by Crippen LogP contribution is 2.25. The highest BCUT2D eigenvalue weighted by atomic mass is 16.3. The minimum Gasteiger partial charge on any atom is -0.467 e. The second-order valence-electron chi connectivity index (χ2n) is 4.59. The molecule has 1 aliphatic carbocycles. The van der Waals surface area contributed by atoms with Crippen LogP contribution in [-0.2, 0) is 13.0 Å². The summed E-state index contributed by atoms with van der Waals surface area (Å²) in [4.78, 5) is 11.8. The zero-order valence-corrected chi connectivity index (χ0v) is 9.90. The van der Waals surface area contributed by atoms with Crippen molar-refractivity contribution >= 4 is 5.78 Å². The molecule has 0 bridgehead atoms. The molecule has 3 rings (SSSR count). The van der Waals surface area contributed by atoms with Gasteiger partial charge in [-0.15, -0.1) is 0 Å². The van der Waals surface area contributed by atoms with Gasteiger partial charge in [-0.3, -0.25) is 4.79 Å². The number of ketones is 1. The first-order valence-corrected chi connectivity index (χ1v) is 6.00. The number of carbonyl (C=O) groups excluding carboxylic acids is 1. The molecule has 2 heterocycles. The van der Waals surface area contributed by atoms with E-state index < -0.39 is 0 Å². The minimum atomic E-state index is 0.285. The monoisotopic (exact) mass is 229 g/mol. The molecule has 0 saturated carbocycles. The summed E-state index contributed by atoms with van der Waals surface area (Å²) in [7, 11) is 0. The second kappa shape index (κ2) is 3.91. The zero-order valence-electron chi connectivity index (χ0n) is 9.90. The quantitative estimate of drug-likeness (QED) is 0.793. The molecular weight excluding hydrogens is 214 g/mol. The maximum Gasteiger partial charge on any atom is 0.164 e. The molecular formula is C14H15NO2. The van der Waals surface area contributed by atoms with Gasteiger partial charge in [0.05, 0.1) is 12.8 Å². The first kappa shape index (κ1) is 10.4. The Balaban J connectivity index is 2.02. The maximum absolute atomic E-state index is 11.8. The van der Waals surface area contributed by atoms with Gasteiger partial charge >= 0.3 is 0 Å². The number of aryl methyl sites for hydroxylation is 1. The van der Waals surface area contributed by atoms with Crippen LogP contribution in [0.1, 0.15) is 40.3 Å². The van der Waals surface area contributed by atoms with Crippen molar-refractivity contribution in [1.82, 2.24) is 4.57 Å². The Hall–Kier alpha value is -1.77. The van der Waals surface area contributed by atoms with E-state index in [4.69, 9.17) is 4.42 Å². The first-order valence-electron chi connectivity index (χ1n) is 6.00. The van der Waals surface area contributed by atoms with Gasteiger partial charge in [0, 0.05) is 23.4 Å². The summed E-state index contributed by atoms with van der Waals surface area (Å²) < 4.78 is 7.57. The number of nitrogens with zero attached hydrogens (tertiary/aromatic N) is 1. The summed E-state index contributed by atoms with van der Waals surface area (Å²) in [5.74, 6) is 1.22. The molecule has 2 aromatic rings. The van der Waals surface area contributed by atoms with Crippen LogP contribution < -0.4 is 0 Å². The minimum absolute atomic E-state index is 0.285. The lowest BCUT2D eigenvalue weighted by Crippen LogP contribution is -2.14. The predicted octanol–water partition coefficient (Wildman–Crippen LogP) is 2.96. The molecule has 17 heavy (non-hydrogen) atoms. The summed E-state index contributed by atoms with van der Waals surface area (Å²) in [6.45, 7) is 2.77. The van der Waals surface area contributed by atoms with Gasteiger partial charge < -0.3 is 8.98 Å². The highest BCUT2D eigenvalue weighted by Gasteiger charge is 2.22. The van der Waals surface area contributed by atoms with Gasteiger partial charge in [-0.2, -0.15) is 0 Å². The fraction of sp³-hybridized carbons (Fsp3) is 0.357. The van der Waals surface area contributed by atoms with E-state index in [1.165, 1.54) is 5.69 Å². The fourth-order valence-corrected chi connectivity index (χ4v) is 2.57. The van der Waals surface area contributed by atoms with Crippen LogP contribution in [0.25, 0.3) is 0 Å². The summed E-state index contributed by atoms with van der Waals surface area (Å²) in [6.07, 6.45) is 4.34. The highest BCUT2D eigenvalue weighted by molar-refractivity contribution is 5.98. The van der Waals surface area contributed by atoms with Crippen molar-refractivity contribution in [3.8, 4) is 0 Å². The third-order valence-corrected chi connectivity index (χ3v) is 3.43. The molecule has 0 amide bonds. The van der Waals surface area contributed by atoms with Crippen molar-refractivity contribution in [3.63, 3.8) is 0 Å². The zero-order chi connectivity index (χ0) is 11.8. The number of hydrogen-bond acceptors (Lipinski definition) is 2. The van der Waals surface area contributed by atoms with Crippen molar-refractivity contribution in [2.75, 3.05) is 0 Å². The summed E-state index contributed by atoms with van der Waals surface area (Å²) >= 11 is 0. The largest absolute Gasteiger partial charge is 0.467 e. The number of aromatic nitrogens is 1. The Morgan fingerprint density at radius 1 is 1.41 bits per heavy atom. The van der Waals surface area contributed by atoms with E-state index in [9.17, 15) is 4.79 Å². The Kier molecular flexibility index (Phi) is 2.39. The van der Waals surface area contributed by atoms with E-state index in [1.807, 2.05) is 18.2 Å². The third kappa shape index (κ3) is 1.71. The van der Waals surface area contributed by atoms with Gasteiger partial charge in [0.15, 0.2) is 5.78 Å². The molecule has 0 spiro atoms. The Bertz CT molecular complexity index is 549. The van der Waals surface area contributed by atoms with Crippen molar-refractivity contribution in [1.29, 1.82) is 0 Å². The van der Waals surface area contributed by atoms with Crippen LogP contribution in [-0.4, -0.2) is 10.4 Å². The van der Waals surface area contributed by atoms with Crippen LogP contribution in [0.3, 0.4) is 0 Å². The van der Waals surface area contributed by atoms with E-state index in [2.05, 4.69) is 11.5 Å². The molecule has 3 nitrogen and oxygen atoms in total. The molecule has 0 atom stereocenters. The van der Waals surface area contributed by atoms with Crippen LogP contribution >= 0.6 is 0 Å². The number of furan rings is 1. The molecule has 0 fully saturated rings. The van der Waals surface area contributed by atoms with E-state index in [1.54, 1.807) is 6.26 Å². The molecule has 88 valence electrons. The average Bonchev–Trinajstić information content (AvgIpc) is 2.91. The smallest absolute Gasteiger partial charge is 0.164 e. The Morgan fingerprint density at radius 2 is 2.29 bits per heavy atom. The SMILES string of the molecule is Cc1cc2c(n1Cc1ccco1)CCCC2=O. The van der Waals surface area contributed by atoms with Crippen LogP contribution in [0.4, 0.5) is 0 Å². The lowest BCUT2D eigenvalue weighted by atomic mass is 9.97. The van der Waals surface area contributed by atoms with E-state index in [-0.39, 0.29) is 5.78 Å². The van der Waals surface area contributed by atoms with Gasteiger partial charge in [-0.1, -0.05) is 0 Å². The summed E-state index contributed by atoms with van der Waals surface area (Å²) in [5, 5.41) is 0. The summed E-state index contributed by atoms with van der Waals surface area (Å²) in [5.41, 5.74) is 3.23. The number of Topliss-reactive ketones (excluding diaryl/α,β-unsaturated/α-hetero) is 1. The number of fused-ring (bicyclic) bond motifs is 1. The van der Waals surface area contributed by atoms with Crippen LogP contribution in [0.2, 0.25) is 0 Å². The topological polar surface area (TPSA) is 35.1 Å². The van der Waals surface area contributed by atoms with Gasteiger partial charge in [0.2, 0.25) is 0 Å². The van der Waals surface area contributed by atoms with E-state index >= 15 is 0 Å². The van der Waals surface area contributed by atoms with Gasteiger partial charge in [0.1, 0.15) is 5.76 Å². The van der Waals surface area contributed by atoms with Crippen LogP contribution in [0.15, 0.2) is 28.9 Å². The molecule has 0 aliphatic heterocycles. The second-order valence-corrected chi connectivity index (χ2v) is 4.59. The third-order valence-electron chi connectivity index (χ3n) is 3.43. The lowest BCUT2D eigenvalue weighted by Gasteiger charge is -2.15. The lowest BCUT2D eigenvalue weighted by molar-refractivity contribution is 0.0971. The molecule has 3 heteroatoms.